The van der Waals surface area contributed by atoms with Crippen molar-refractivity contribution < 1.29 is 14.6 Å². The lowest BCUT2D eigenvalue weighted by atomic mass is 10.0. The van der Waals surface area contributed by atoms with E-state index in [0.29, 0.717) is 11.8 Å². The van der Waals surface area contributed by atoms with E-state index in [9.17, 15) is 4.79 Å². The average Bonchev–Trinajstić information content (AvgIpc) is 2.80. The molecule has 2 aliphatic rings. The van der Waals surface area contributed by atoms with E-state index in [1.807, 2.05) is 25.7 Å². The van der Waals surface area contributed by atoms with Crippen LogP contribution in [0.25, 0.3) is 0 Å². The van der Waals surface area contributed by atoms with E-state index < -0.39 is 5.60 Å². The van der Waals surface area contributed by atoms with Crippen LogP contribution < -0.4 is 0 Å². The van der Waals surface area contributed by atoms with Gasteiger partial charge in [0.2, 0.25) is 0 Å². The first-order valence-corrected chi connectivity index (χ1v) is 6.46. The normalized spacial score (nSPS) is 26.4. The lowest BCUT2D eigenvalue weighted by molar-refractivity contribution is 0.0203. The van der Waals surface area contributed by atoms with Crippen LogP contribution in [0.2, 0.25) is 0 Å². The van der Waals surface area contributed by atoms with Crippen LogP contribution in [0.3, 0.4) is 0 Å². The Labute approximate surface area is 103 Å². The highest BCUT2D eigenvalue weighted by atomic mass is 16.6. The van der Waals surface area contributed by atoms with Crippen molar-refractivity contribution in [3.05, 3.63) is 0 Å². The van der Waals surface area contributed by atoms with E-state index in [1.54, 1.807) is 0 Å². The van der Waals surface area contributed by atoms with Crippen molar-refractivity contribution in [3.63, 3.8) is 0 Å². The number of amides is 1. The second-order valence-corrected chi connectivity index (χ2v) is 6.48. The number of carbonyl (C=O) groups is 1. The smallest absolute Gasteiger partial charge is 0.410 e. The zero-order chi connectivity index (χ0) is 12.7. The number of hydrogen-bond donors (Lipinski definition) is 1. The maximum Gasteiger partial charge on any atom is 0.410 e. The lowest BCUT2D eigenvalue weighted by Gasteiger charge is -2.28. The molecule has 0 bridgehead atoms. The van der Waals surface area contributed by atoms with Gasteiger partial charge in [0.15, 0.2) is 0 Å². The third-order valence-electron chi connectivity index (χ3n) is 3.66. The lowest BCUT2D eigenvalue weighted by Crippen LogP contribution is -2.40. The van der Waals surface area contributed by atoms with Crippen LogP contribution in [0.15, 0.2) is 0 Å². The molecule has 98 valence electrons. The maximum atomic E-state index is 12.1. The highest BCUT2D eigenvalue weighted by Gasteiger charge is 2.53. The first-order chi connectivity index (χ1) is 7.85. The Balaban J connectivity index is 2.00. The predicted molar refractivity (Wildman–Crippen MR) is 64.7 cm³/mol. The molecule has 0 aromatic carbocycles. The molecule has 1 aliphatic heterocycles. The fourth-order valence-electron chi connectivity index (χ4n) is 2.65. The van der Waals surface area contributed by atoms with Crippen LogP contribution in [0.4, 0.5) is 4.79 Å². The quantitative estimate of drug-likeness (QED) is 0.806. The summed E-state index contributed by atoms with van der Waals surface area (Å²) in [5.74, 6) is 0. The SMILES string of the molecule is CC(C)(C)OC(=O)N1CC2(CC2)CC1CCO. The number of likely N-dealkylation sites (tertiary alicyclic amines) is 1. The predicted octanol–water partition coefficient (Wildman–Crippen LogP) is 2.16. The van der Waals surface area contributed by atoms with Gasteiger partial charge >= 0.3 is 6.09 Å². The number of ether oxygens (including phenoxy) is 1. The molecular weight excluding hydrogens is 218 g/mol. The average molecular weight is 241 g/mol. The van der Waals surface area contributed by atoms with E-state index in [0.717, 1.165) is 13.0 Å². The summed E-state index contributed by atoms with van der Waals surface area (Å²) in [4.78, 5) is 13.9. The molecule has 0 aromatic heterocycles. The Hall–Kier alpha value is -0.770. The minimum absolute atomic E-state index is 0.139. The molecule has 17 heavy (non-hydrogen) atoms. The molecule has 1 atom stereocenters. The Kier molecular flexibility index (Phi) is 3.10. The molecular formula is C13H23NO3. The van der Waals surface area contributed by atoms with Crippen molar-refractivity contribution in [2.24, 2.45) is 5.41 Å². The summed E-state index contributed by atoms with van der Waals surface area (Å²) < 4.78 is 5.42. The molecule has 2 rings (SSSR count). The van der Waals surface area contributed by atoms with Gasteiger partial charge in [0.05, 0.1) is 0 Å². The molecule has 1 spiro atoms. The number of carbonyl (C=O) groups excluding carboxylic acids is 1. The van der Waals surface area contributed by atoms with Crippen molar-refractivity contribution in [1.82, 2.24) is 4.90 Å². The van der Waals surface area contributed by atoms with Gasteiger partial charge in [0.25, 0.3) is 0 Å². The van der Waals surface area contributed by atoms with E-state index in [-0.39, 0.29) is 18.7 Å². The molecule has 1 amide bonds. The van der Waals surface area contributed by atoms with E-state index in [2.05, 4.69) is 0 Å². The molecule has 0 aromatic rings. The fourth-order valence-corrected chi connectivity index (χ4v) is 2.65. The van der Waals surface area contributed by atoms with Gasteiger partial charge in [0, 0.05) is 19.2 Å². The molecule has 1 unspecified atom stereocenters. The summed E-state index contributed by atoms with van der Waals surface area (Å²) in [5, 5.41) is 9.07. The van der Waals surface area contributed by atoms with Gasteiger partial charge in [-0.1, -0.05) is 0 Å². The molecule has 1 heterocycles. The highest BCUT2D eigenvalue weighted by molar-refractivity contribution is 5.69. The summed E-state index contributed by atoms with van der Waals surface area (Å²) in [7, 11) is 0. The van der Waals surface area contributed by atoms with Crippen LogP contribution in [-0.2, 0) is 4.74 Å². The summed E-state index contributed by atoms with van der Waals surface area (Å²) in [5.41, 5.74) is -0.0864. The van der Waals surface area contributed by atoms with Crippen molar-refractivity contribution in [2.45, 2.75) is 58.1 Å². The summed E-state index contributed by atoms with van der Waals surface area (Å²) in [6.45, 7) is 6.60. The summed E-state index contributed by atoms with van der Waals surface area (Å²) in [6.07, 6.45) is 3.91. The molecule has 1 saturated heterocycles. The van der Waals surface area contributed by atoms with Gasteiger partial charge in [-0.25, -0.2) is 4.79 Å². The third-order valence-corrected chi connectivity index (χ3v) is 3.66. The third kappa shape index (κ3) is 2.92. The number of nitrogens with zero attached hydrogens (tertiary/aromatic N) is 1. The van der Waals surface area contributed by atoms with Gasteiger partial charge in [0.1, 0.15) is 5.60 Å². The van der Waals surface area contributed by atoms with E-state index in [1.165, 1.54) is 12.8 Å². The van der Waals surface area contributed by atoms with Crippen LogP contribution >= 0.6 is 0 Å². The number of rotatable bonds is 2. The number of aliphatic hydroxyl groups excluding tert-OH is 1. The van der Waals surface area contributed by atoms with Gasteiger partial charge in [-0.3, -0.25) is 0 Å². The summed E-state index contributed by atoms with van der Waals surface area (Å²) in [6, 6.07) is 0.164. The second kappa shape index (κ2) is 4.16. The zero-order valence-corrected chi connectivity index (χ0v) is 11.0. The molecule has 2 fully saturated rings. The second-order valence-electron chi connectivity index (χ2n) is 6.48. The largest absolute Gasteiger partial charge is 0.444 e. The Morgan fingerprint density at radius 1 is 1.47 bits per heavy atom. The maximum absolute atomic E-state index is 12.1. The summed E-state index contributed by atoms with van der Waals surface area (Å²) >= 11 is 0. The number of hydrogen-bond acceptors (Lipinski definition) is 3. The molecule has 4 nitrogen and oxygen atoms in total. The van der Waals surface area contributed by atoms with E-state index in [4.69, 9.17) is 9.84 Å². The molecule has 4 heteroatoms. The van der Waals surface area contributed by atoms with Crippen molar-refractivity contribution in [1.29, 1.82) is 0 Å². The Bertz CT molecular complexity index is 304. The van der Waals surface area contributed by atoms with Gasteiger partial charge in [-0.05, 0) is 51.9 Å². The standard InChI is InChI=1S/C13H23NO3/c1-12(2,3)17-11(16)14-9-13(5-6-13)8-10(14)4-7-15/h10,15H,4-9H2,1-3H3. The van der Waals surface area contributed by atoms with Gasteiger partial charge in [-0.15, -0.1) is 0 Å². The van der Waals surface area contributed by atoms with Crippen LogP contribution in [0.5, 0.6) is 0 Å². The Morgan fingerprint density at radius 2 is 2.12 bits per heavy atom. The number of aliphatic hydroxyl groups is 1. The molecule has 1 saturated carbocycles. The van der Waals surface area contributed by atoms with E-state index >= 15 is 0 Å². The zero-order valence-electron chi connectivity index (χ0n) is 11.0. The molecule has 1 aliphatic carbocycles. The first-order valence-electron chi connectivity index (χ1n) is 6.46. The van der Waals surface area contributed by atoms with Crippen molar-refractivity contribution in [2.75, 3.05) is 13.2 Å². The highest BCUT2D eigenvalue weighted by Crippen LogP contribution is 2.55. The van der Waals surface area contributed by atoms with Crippen LogP contribution in [-0.4, -0.2) is 40.9 Å². The monoisotopic (exact) mass is 241 g/mol. The topological polar surface area (TPSA) is 49.8 Å². The Morgan fingerprint density at radius 3 is 2.59 bits per heavy atom. The first kappa shape index (κ1) is 12.7. The van der Waals surface area contributed by atoms with Crippen LogP contribution in [0.1, 0.15) is 46.5 Å². The van der Waals surface area contributed by atoms with Gasteiger partial charge in [-0.2, -0.15) is 0 Å². The minimum Gasteiger partial charge on any atom is -0.444 e. The molecule has 1 N–H and O–H groups in total. The fraction of sp³-hybridized carbons (Fsp3) is 0.923. The van der Waals surface area contributed by atoms with Crippen LogP contribution in [0, 0.1) is 5.41 Å². The molecule has 0 radical (unpaired) electrons. The minimum atomic E-state index is -0.444. The van der Waals surface area contributed by atoms with Crippen molar-refractivity contribution in [3.8, 4) is 0 Å². The van der Waals surface area contributed by atoms with Crippen molar-refractivity contribution >= 4 is 6.09 Å². The van der Waals surface area contributed by atoms with Gasteiger partial charge < -0.3 is 14.7 Å².